The van der Waals surface area contributed by atoms with Crippen LogP contribution in [0.5, 0.6) is 11.5 Å². The Bertz CT molecular complexity index is 578. The number of hydrazone groups is 1. The maximum Gasteiger partial charge on any atom is 0.277 e. The van der Waals surface area contributed by atoms with Gasteiger partial charge in [-0.25, -0.2) is 5.43 Å². The van der Waals surface area contributed by atoms with E-state index in [1.165, 1.54) is 0 Å². The molecule has 1 aromatic carbocycles. The molecule has 1 amide bonds. The van der Waals surface area contributed by atoms with Crippen molar-refractivity contribution < 1.29 is 14.3 Å². The lowest BCUT2D eigenvalue weighted by Crippen LogP contribution is -2.36. The van der Waals surface area contributed by atoms with Crippen molar-refractivity contribution >= 4 is 11.6 Å². The molecule has 3 rings (SSSR count). The molecule has 110 valence electrons. The number of hydrogen-bond donors (Lipinski definition) is 1. The van der Waals surface area contributed by atoms with Gasteiger partial charge in [-0.05, 0) is 43.0 Å². The summed E-state index contributed by atoms with van der Waals surface area (Å²) in [7, 11) is 1.60. The van der Waals surface area contributed by atoms with Gasteiger partial charge in [0.1, 0.15) is 11.5 Å². The number of nitrogens with zero attached hydrogens (tertiary/aromatic N) is 1. The first-order chi connectivity index (χ1) is 10.3. The molecule has 1 aromatic rings. The van der Waals surface area contributed by atoms with Crippen LogP contribution in [0.2, 0.25) is 0 Å². The van der Waals surface area contributed by atoms with Gasteiger partial charge in [0, 0.05) is 11.6 Å². The first-order valence-electron chi connectivity index (χ1n) is 7.05. The summed E-state index contributed by atoms with van der Waals surface area (Å²) in [6, 6.07) is 7.10. The molecule has 0 heterocycles. The van der Waals surface area contributed by atoms with Crippen molar-refractivity contribution in [2.24, 2.45) is 16.9 Å². The van der Waals surface area contributed by atoms with E-state index < -0.39 is 0 Å². The Morgan fingerprint density at radius 2 is 2.10 bits per heavy atom. The summed E-state index contributed by atoms with van der Waals surface area (Å²) in [4.78, 5) is 11.7. The van der Waals surface area contributed by atoms with E-state index in [1.807, 2.05) is 0 Å². The highest BCUT2D eigenvalue weighted by Gasteiger charge is 2.37. The SMILES string of the molecule is COc1ccc(OCC(=O)N/N=C2/C[C@@H]3C=CC[C@H]23)cc1. The quantitative estimate of drug-likeness (QED) is 0.666. The van der Waals surface area contributed by atoms with E-state index in [-0.39, 0.29) is 12.5 Å². The average molecular weight is 286 g/mol. The number of fused-ring (bicyclic) bond motifs is 1. The second kappa shape index (κ2) is 5.99. The van der Waals surface area contributed by atoms with E-state index in [9.17, 15) is 4.79 Å². The predicted molar refractivity (Wildman–Crippen MR) is 79.4 cm³/mol. The van der Waals surface area contributed by atoms with Crippen LogP contribution in [0, 0.1) is 11.8 Å². The zero-order chi connectivity index (χ0) is 14.7. The average Bonchev–Trinajstić information content (AvgIpc) is 2.87. The number of carbonyl (C=O) groups excluding carboxylic acids is 1. The largest absolute Gasteiger partial charge is 0.497 e. The maximum atomic E-state index is 11.7. The van der Waals surface area contributed by atoms with Gasteiger partial charge in [-0.15, -0.1) is 0 Å². The van der Waals surface area contributed by atoms with Crippen molar-refractivity contribution in [3.63, 3.8) is 0 Å². The number of ether oxygens (including phenoxy) is 2. The molecule has 0 aromatic heterocycles. The summed E-state index contributed by atoms with van der Waals surface area (Å²) in [6.07, 6.45) is 6.42. The van der Waals surface area contributed by atoms with Gasteiger partial charge in [-0.2, -0.15) is 5.10 Å². The van der Waals surface area contributed by atoms with Gasteiger partial charge in [0.2, 0.25) is 0 Å². The Kier molecular flexibility index (Phi) is 3.90. The second-order valence-electron chi connectivity index (χ2n) is 5.24. The summed E-state index contributed by atoms with van der Waals surface area (Å²) < 4.78 is 10.4. The zero-order valence-electron chi connectivity index (χ0n) is 11.9. The first-order valence-corrected chi connectivity index (χ1v) is 7.05. The zero-order valence-corrected chi connectivity index (χ0v) is 11.9. The van der Waals surface area contributed by atoms with Crippen LogP contribution < -0.4 is 14.9 Å². The number of amides is 1. The van der Waals surface area contributed by atoms with Crippen molar-refractivity contribution in [2.45, 2.75) is 12.8 Å². The summed E-state index contributed by atoms with van der Waals surface area (Å²) in [5, 5.41) is 4.19. The lowest BCUT2D eigenvalue weighted by atomic mass is 9.74. The fourth-order valence-electron chi connectivity index (χ4n) is 2.65. The standard InChI is InChI=1S/C16H18N2O3/c1-20-12-5-7-13(8-6-12)21-10-16(19)18-17-15-9-11-3-2-4-14(11)15/h2-3,5-8,11,14H,4,9-10H2,1H3,(H,18,19)/b17-15-/t11-,14-/m0/s1. The van der Waals surface area contributed by atoms with E-state index in [4.69, 9.17) is 9.47 Å². The van der Waals surface area contributed by atoms with Crippen LogP contribution in [-0.4, -0.2) is 25.3 Å². The number of allylic oxidation sites excluding steroid dienone is 2. The van der Waals surface area contributed by atoms with Crippen molar-refractivity contribution in [1.82, 2.24) is 5.43 Å². The number of methoxy groups -OCH3 is 1. The first kappa shape index (κ1) is 13.7. The normalized spacial score (nSPS) is 24.3. The van der Waals surface area contributed by atoms with Crippen LogP contribution in [-0.2, 0) is 4.79 Å². The van der Waals surface area contributed by atoms with Crippen molar-refractivity contribution in [3.8, 4) is 11.5 Å². The Morgan fingerprint density at radius 1 is 1.33 bits per heavy atom. The third-order valence-corrected chi connectivity index (χ3v) is 3.92. The van der Waals surface area contributed by atoms with Crippen molar-refractivity contribution in [2.75, 3.05) is 13.7 Å². The monoisotopic (exact) mass is 286 g/mol. The molecule has 0 radical (unpaired) electrons. The number of nitrogens with one attached hydrogen (secondary N) is 1. The van der Waals surface area contributed by atoms with E-state index >= 15 is 0 Å². The predicted octanol–water partition coefficient (Wildman–Crippen LogP) is 2.14. The molecule has 0 bridgehead atoms. The van der Waals surface area contributed by atoms with Gasteiger partial charge in [0.25, 0.3) is 5.91 Å². The van der Waals surface area contributed by atoms with Gasteiger partial charge in [0.05, 0.1) is 7.11 Å². The second-order valence-corrected chi connectivity index (χ2v) is 5.24. The molecule has 0 unspecified atom stereocenters. The highest BCUT2D eigenvalue weighted by Crippen LogP contribution is 2.39. The molecular formula is C16H18N2O3. The van der Waals surface area contributed by atoms with Gasteiger partial charge < -0.3 is 9.47 Å². The van der Waals surface area contributed by atoms with E-state index in [2.05, 4.69) is 22.7 Å². The fraction of sp³-hybridized carbons (Fsp3) is 0.375. The number of rotatable bonds is 5. The maximum absolute atomic E-state index is 11.7. The minimum atomic E-state index is -0.243. The van der Waals surface area contributed by atoms with Crippen LogP contribution in [0.25, 0.3) is 0 Å². The van der Waals surface area contributed by atoms with E-state index in [0.717, 1.165) is 24.3 Å². The lowest BCUT2D eigenvalue weighted by molar-refractivity contribution is -0.123. The lowest BCUT2D eigenvalue weighted by Gasteiger charge is -2.31. The molecule has 1 fully saturated rings. The molecule has 2 aliphatic carbocycles. The van der Waals surface area contributed by atoms with Crippen LogP contribution >= 0.6 is 0 Å². The molecule has 1 saturated carbocycles. The summed E-state index contributed by atoms with van der Waals surface area (Å²) in [5.41, 5.74) is 3.65. The molecule has 5 heteroatoms. The Labute approximate surface area is 123 Å². The molecule has 2 aliphatic rings. The molecule has 2 atom stereocenters. The molecule has 5 nitrogen and oxygen atoms in total. The van der Waals surface area contributed by atoms with Gasteiger partial charge in [0.15, 0.2) is 6.61 Å². The molecule has 21 heavy (non-hydrogen) atoms. The number of carbonyl (C=O) groups is 1. The number of hydrogen-bond acceptors (Lipinski definition) is 4. The van der Waals surface area contributed by atoms with Gasteiger partial charge >= 0.3 is 0 Å². The van der Waals surface area contributed by atoms with Crippen molar-refractivity contribution in [3.05, 3.63) is 36.4 Å². The Balaban J connectivity index is 1.43. The van der Waals surface area contributed by atoms with E-state index in [0.29, 0.717) is 17.6 Å². The van der Waals surface area contributed by atoms with Crippen LogP contribution in [0.15, 0.2) is 41.5 Å². The summed E-state index contributed by atoms with van der Waals surface area (Å²) in [5.74, 6) is 2.28. The van der Waals surface area contributed by atoms with E-state index in [1.54, 1.807) is 31.4 Å². The van der Waals surface area contributed by atoms with Crippen LogP contribution in [0.1, 0.15) is 12.8 Å². The smallest absolute Gasteiger partial charge is 0.277 e. The third-order valence-electron chi connectivity index (χ3n) is 3.92. The Hall–Kier alpha value is -2.30. The van der Waals surface area contributed by atoms with Gasteiger partial charge in [-0.1, -0.05) is 12.2 Å². The van der Waals surface area contributed by atoms with Crippen LogP contribution in [0.3, 0.4) is 0 Å². The van der Waals surface area contributed by atoms with Crippen LogP contribution in [0.4, 0.5) is 0 Å². The number of benzene rings is 1. The van der Waals surface area contributed by atoms with Crippen molar-refractivity contribution in [1.29, 1.82) is 0 Å². The minimum Gasteiger partial charge on any atom is -0.497 e. The topological polar surface area (TPSA) is 59.9 Å². The Morgan fingerprint density at radius 3 is 2.81 bits per heavy atom. The third kappa shape index (κ3) is 3.07. The molecule has 0 saturated heterocycles. The molecule has 0 aliphatic heterocycles. The molecule has 1 N–H and O–H groups in total. The molecular weight excluding hydrogens is 268 g/mol. The molecule has 0 spiro atoms. The fourth-order valence-corrected chi connectivity index (χ4v) is 2.65. The highest BCUT2D eigenvalue weighted by molar-refractivity contribution is 5.94. The minimum absolute atomic E-state index is 0.0462. The summed E-state index contributed by atoms with van der Waals surface area (Å²) >= 11 is 0. The van der Waals surface area contributed by atoms with Gasteiger partial charge in [-0.3, -0.25) is 4.79 Å². The summed E-state index contributed by atoms with van der Waals surface area (Å²) in [6.45, 7) is -0.0462. The highest BCUT2D eigenvalue weighted by atomic mass is 16.5.